The number of carboxylic acid groups (broad SMARTS) is 1. The quantitative estimate of drug-likeness (QED) is 0.749. The second-order valence-corrected chi connectivity index (χ2v) is 3.64. The van der Waals surface area contributed by atoms with Crippen LogP contribution in [0.25, 0.3) is 0 Å². The molecule has 0 radical (unpaired) electrons. The number of aromatic nitrogens is 1. The first-order valence-electron chi connectivity index (χ1n) is 5.11. The minimum absolute atomic E-state index is 0.181. The topological polar surface area (TPSA) is 79.3 Å². The molecule has 0 fully saturated rings. The van der Waals surface area contributed by atoms with E-state index in [-0.39, 0.29) is 6.42 Å². The first kappa shape index (κ1) is 12.9. The van der Waals surface area contributed by atoms with E-state index in [0.717, 1.165) is 5.56 Å². The predicted octanol–water partition coefficient (Wildman–Crippen LogP) is 1.15. The molecule has 1 heterocycles. The maximum atomic E-state index is 11.7. The van der Waals surface area contributed by atoms with Crippen LogP contribution >= 0.6 is 0 Å². The number of hydrogen-bond donors (Lipinski definition) is 2. The van der Waals surface area contributed by atoms with Crippen LogP contribution in [-0.4, -0.2) is 28.0 Å². The van der Waals surface area contributed by atoms with Crippen molar-refractivity contribution in [2.45, 2.75) is 19.4 Å². The number of carbonyl (C=O) groups is 2. The zero-order valence-corrected chi connectivity index (χ0v) is 9.51. The average Bonchev–Trinajstić information content (AvgIpc) is 2.28. The van der Waals surface area contributed by atoms with Gasteiger partial charge in [0.25, 0.3) is 5.91 Å². The Morgan fingerprint density at radius 2 is 2.29 bits per heavy atom. The Balaban J connectivity index is 2.77. The van der Waals surface area contributed by atoms with Gasteiger partial charge in [-0.2, -0.15) is 0 Å². The van der Waals surface area contributed by atoms with Crippen LogP contribution in [0.4, 0.5) is 0 Å². The van der Waals surface area contributed by atoms with E-state index in [1.807, 2.05) is 6.92 Å². The van der Waals surface area contributed by atoms with Crippen molar-refractivity contribution in [2.75, 3.05) is 0 Å². The SMILES string of the molecule is C=CCC(NC(=O)c1cncc(C)c1)C(=O)O. The van der Waals surface area contributed by atoms with Crippen LogP contribution in [0.3, 0.4) is 0 Å². The summed E-state index contributed by atoms with van der Waals surface area (Å²) in [7, 11) is 0. The van der Waals surface area contributed by atoms with Crippen molar-refractivity contribution >= 4 is 11.9 Å². The molecule has 1 rings (SSSR count). The van der Waals surface area contributed by atoms with Crippen LogP contribution in [0, 0.1) is 6.92 Å². The Labute approximate surface area is 99.2 Å². The van der Waals surface area contributed by atoms with Crippen molar-refractivity contribution in [1.82, 2.24) is 10.3 Å². The largest absolute Gasteiger partial charge is 0.480 e. The highest BCUT2D eigenvalue weighted by molar-refractivity contribution is 5.96. The van der Waals surface area contributed by atoms with Crippen LogP contribution in [0.1, 0.15) is 22.3 Å². The Kier molecular flexibility index (Phi) is 4.39. The predicted molar refractivity (Wildman–Crippen MR) is 62.7 cm³/mol. The highest BCUT2D eigenvalue weighted by Crippen LogP contribution is 2.03. The Bertz CT molecular complexity index is 443. The van der Waals surface area contributed by atoms with Crippen molar-refractivity contribution < 1.29 is 14.7 Å². The molecule has 0 bridgehead atoms. The van der Waals surface area contributed by atoms with Gasteiger partial charge < -0.3 is 10.4 Å². The summed E-state index contributed by atoms with van der Waals surface area (Å²) in [6.45, 7) is 5.26. The molecular weight excluding hydrogens is 220 g/mol. The van der Waals surface area contributed by atoms with Gasteiger partial charge in [0.1, 0.15) is 6.04 Å². The van der Waals surface area contributed by atoms with Crippen molar-refractivity contribution in [3.8, 4) is 0 Å². The molecule has 0 saturated heterocycles. The number of pyridine rings is 1. The first-order chi connectivity index (χ1) is 8.04. The average molecular weight is 234 g/mol. The highest BCUT2D eigenvalue weighted by atomic mass is 16.4. The van der Waals surface area contributed by atoms with E-state index in [1.165, 1.54) is 12.3 Å². The molecule has 1 unspecified atom stereocenters. The molecule has 1 aromatic heterocycles. The number of aliphatic carboxylic acids is 1. The summed E-state index contributed by atoms with van der Waals surface area (Å²) in [6, 6.07) is 0.690. The lowest BCUT2D eigenvalue weighted by atomic mass is 10.1. The number of rotatable bonds is 5. The maximum absolute atomic E-state index is 11.7. The fourth-order valence-electron chi connectivity index (χ4n) is 1.31. The lowest BCUT2D eigenvalue weighted by Crippen LogP contribution is -2.40. The molecule has 1 aromatic rings. The van der Waals surface area contributed by atoms with Gasteiger partial charge in [-0.25, -0.2) is 4.79 Å². The Morgan fingerprint density at radius 1 is 1.59 bits per heavy atom. The van der Waals surface area contributed by atoms with Crippen LogP contribution in [0.15, 0.2) is 31.1 Å². The molecule has 90 valence electrons. The number of aryl methyl sites for hydroxylation is 1. The fraction of sp³-hybridized carbons (Fsp3) is 0.250. The van der Waals surface area contributed by atoms with E-state index < -0.39 is 17.9 Å². The highest BCUT2D eigenvalue weighted by Gasteiger charge is 2.19. The molecular formula is C12H14N2O3. The summed E-state index contributed by atoms with van der Waals surface area (Å²) >= 11 is 0. The van der Waals surface area contributed by atoms with Gasteiger partial charge in [-0.05, 0) is 25.0 Å². The van der Waals surface area contributed by atoms with Crippen LogP contribution < -0.4 is 5.32 Å². The second kappa shape index (κ2) is 5.79. The lowest BCUT2D eigenvalue weighted by Gasteiger charge is -2.12. The van der Waals surface area contributed by atoms with Gasteiger partial charge in [0.15, 0.2) is 0 Å². The van der Waals surface area contributed by atoms with E-state index in [2.05, 4.69) is 16.9 Å². The van der Waals surface area contributed by atoms with E-state index in [9.17, 15) is 9.59 Å². The van der Waals surface area contributed by atoms with Gasteiger partial charge in [0.2, 0.25) is 0 Å². The molecule has 0 saturated carbocycles. The summed E-state index contributed by atoms with van der Waals surface area (Å²) in [4.78, 5) is 26.5. The zero-order valence-electron chi connectivity index (χ0n) is 9.51. The van der Waals surface area contributed by atoms with Gasteiger partial charge in [-0.15, -0.1) is 6.58 Å². The van der Waals surface area contributed by atoms with Gasteiger partial charge >= 0.3 is 5.97 Å². The normalized spacial score (nSPS) is 11.6. The van der Waals surface area contributed by atoms with Crippen molar-refractivity contribution in [2.24, 2.45) is 0 Å². The monoisotopic (exact) mass is 234 g/mol. The van der Waals surface area contributed by atoms with E-state index in [0.29, 0.717) is 5.56 Å². The van der Waals surface area contributed by atoms with Crippen LogP contribution in [0.2, 0.25) is 0 Å². The molecule has 17 heavy (non-hydrogen) atoms. The molecule has 1 amide bonds. The van der Waals surface area contributed by atoms with Crippen LogP contribution in [0.5, 0.6) is 0 Å². The fourth-order valence-corrected chi connectivity index (χ4v) is 1.31. The smallest absolute Gasteiger partial charge is 0.326 e. The van der Waals surface area contributed by atoms with Gasteiger partial charge in [0, 0.05) is 12.4 Å². The molecule has 0 spiro atoms. The summed E-state index contributed by atoms with van der Waals surface area (Å²) in [5.74, 6) is -1.53. The summed E-state index contributed by atoms with van der Waals surface area (Å²) in [6.07, 6.45) is 4.65. The maximum Gasteiger partial charge on any atom is 0.326 e. The second-order valence-electron chi connectivity index (χ2n) is 3.64. The molecule has 0 aromatic carbocycles. The van der Waals surface area contributed by atoms with Crippen LogP contribution in [-0.2, 0) is 4.79 Å². The minimum atomic E-state index is -1.08. The van der Waals surface area contributed by atoms with E-state index in [4.69, 9.17) is 5.11 Å². The molecule has 5 heteroatoms. The summed E-state index contributed by atoms with van der Waals surface area (Å²) < 4.78 is 0. The third-order valence-corrected chi connectivity index (χ3v) is 2.14. The van der Waals surface area contributed by atoms with E-state index >= 15 is 0 Å². The van der Waals surface area contributed by atoms with E-state index in [1.54, 1.807) is 12.3 Å². The number of carboxylic acids is 1. The lowest BCUT2D eigenvalue weighted by molar-refractivity contribution is -0.139. The number of nitrogens with zero attached hydrogens (tertiary/aromatic N) is 1. The van der Waals surface area contributed by atoms with Crippen molar-refractivity contribution in [3.05, 3.63) is 42.2 Å². The first-order valence-corrected chi connectivity index (χ1v) is 5.11. The number of nitrogens with one attached hydrogen (secondary N) is 1. The molecule has 5 nitrogen and oxygen atoms in total. The Morgan fingerprint density at radius 3 is 2.82 bits per heavy atom. The summed E-state index contributed by atoms with van der Waals surface area (Å²) in [5, 5.41) is 11.3. The Hall–Kier alpha value is -2.17. The summed E-state index contributed by atoms with van der Waals surface area (Å²) in [5.41, 5.74) is 1.19. The third-order valence-electron chi connectivity index (χ3n) is 2.14. The third kappa shape index (κ3) is 3.71. The van der Waals surface area contributed by atoms with Crippen molar-refractivity contribution in [3.63, 3.8) is 0 Å². The van der Waals surface area contributed by atoms with Gasteiger partial charge in [-0.3, -0.25) is 9.78 Å². The molecule has 1 atom stereocenters. The molecule has 0 aliphatic carbocycles. The van der Waals surface area contributed by atoms with Gasteiger partial charge in [-0.1, -0.05) is 6.08 Å². The zero-order chi connectivity index (χ0) is 12.8. The minimum Gasteiger partial charge on any atom is -0.480 e. The molecule has 2 N–H and O–H groups in total. The number of amides is 1. The van der Waals surface area contributed by atoms with Crippen molar-refractivity contribution in [1.29, 1.82) is 0 Å². The standard InChI is InChI=1S/C12H14N2O3/c1-3-4-10(12(16)17)14-11(15)9-5-8(2)6-13-7-9/h3,5-7,10H,1,4H2,2H3,(H,14,15)(H,16,17). The number of hydrogen-bond acceptors (Lipinski definition) is 3. The molecule has 0 aliphatic rings. The van der Waals surface area contributed by atoms with Gasteiger partial charge in [0.05, 0.1) is 5.56 Å². The molecule has 0 aliphatic heterocycles. The number of carbonyl (C=O) groups excluding carboxylic acids is 1.